The summed E-state index contributed by atoms with van der Waals surface area (Å²) in [4.78, 5) is 35.3. The second-order valence-corrected chi connectivity index (χ2v) is 4.64. The lowest BCUT2D eigenvalue weighted by Gasteiger charge is -2.10. The molecular formula is C15H13N3O4. The lowest BCUT2D eigenvalue weighted by molar-refractivity contribution is 0.0462. The highest BCUT2D eigenvalue weighted by atomic mass is 16.5. The van der Waals surface area contributed by atoms with Crippen LogP contribution >= 0.6 is 0 Å². The van der Waals surface area contributed by atoms with Crippen LogP contribution in [0.4, 0.5) is 0 Å². The fourth-order valence-electron chi connectivity index (χ4n) is 1.86. The van der Waals surface area contributed by atoms with Gasteiger partial charge in [-0.15, -0.1) is 0 Å². The summed E-state index contributed by atoms with van der Waals surface area (Å²) in [5.41, 5.74) is -0.105. The van der Waals surface area contributed by atoms with Crippen molar-refractivity contribution in [3.05, 3.63) is 68.0 Å². The van der Waals surface area contributed by atoms with Crippen LogP contribution in [0.1, 0.15) is 21.6 Å². The summed E-state index contributed by atoms with van der Waals surface area (Å²) in [5.74, 6) is -0.634. The monoisotopic (exact) mass is 299 g/mol. The number of carbonyl (C=O) groups excluding carboxylic acids is 1. The molecule has 7 nitrogen and oxygen atoms in total. The first-order valence-corrected chi connectivity index (χ1v) is 6.37. The van der Waals surface area contributed by atoms with Gasteiger partial charge in [-0.2, -0.15) is 5.26 Å². The van der Waals surface area contributed by atoms with Crippen LogP contribution in [-0.2, 0) is 25.4 Å². The molecular weight excluding hydrogens is 286 g/mol. The van der Waals surface area contributed by atoms with Crippen LogP contribution in [0.3, 0.4) is 0 Å². The Morgan fingerprint density at radius 2 is 1.95 bits per heavy atom. The minimum Gasteiger partial charge on any atom is -0.456 e. The Morgan fingerprint density at radius 1 is 1.23 bits per heavy atom. The molecule has 0 N–H and O–H groups in total. The van der Waals surface area contributed by atoms with Gasteiger partial charge in [0.1, 0.15) is 6.61 Å². The average Bonchev–Trinajstić information content (AvgIpc) is 2.54. The molecule has 2 rings (SSSR count). The standard InChI is InChI=1S/C15H13N3O4/c1-17-12(7-13(19)18(2)15(17)21)9-22-14(20)11-5-3-4-10(6-11)8-16/h3-7H,9H2,1-2H3. The zero-order chi connectivity index (χ0) is 16.3. The molecule has 0 atom stereocenters. The molecule has 0 saturated heterocycles. The van der Waals surface area contributed by atoms with Gasteiger partial charge in [0, 0.05) is 20.2 Å². The van der Waals surface area contributed by atoms with Crippen molar-refractivity contribution in [1.82, 2.24) is 9.13 Å². The Morgan fingerprint density at radius 3 is 2.64 bits per heavy atom. The van der Waals surface area contributed by atoms with E-state index < -0.39 is 17.2 Å². The van der Waals surface area contributed by atoms with Crippen LogP contribution in [-0.4, -0.2) is 15.1 Å². The fourth-order valence-corrected chi connectivity index (χ4v) is 1.86. The number of nitriles is 1. The summed E-state index contributed by atoms with van der Waals surface area (Å²) < 4.78 is 7.28. The number of rotatable bonds is 3. The number of hydrogen-bond donors (Lipinski definition) is 0. The second kappa shape index (κ2) is 6.10. The van der Waals surface area contributed by atoms with Gasteiger partial charge in [0.15, 0.2) is 0 Å². The quantitative estimate of drug-likeness (QED) is 0.760. The van der Waals surface area contributed by atoms with Crippen molar-refractivity contribution in [3.8, 4) is 6.07 Å². The highest BCUT2D eigenvalue weighted by Gasteiger charge is 2.11. The minimum atomic E-state index is -0.634. The fraction of sp³-hybridized carbons (Fsp3) is 0.200. The van der Waals surface area contributed by atoms with Crippen molar-refractivity contribution in [2.24, 2.45) is 14.1 Å². The molecule has 22 heavy (non-hydrogen) atoms. The van der Waals surface area contributed by atoms with E-state index in [1.165, 1.54) is 36.9 Å². The highest BCUT2D eigenvalue weighted by Crippen LogP contribution is 2.07. The van der Waals surface area contributed by atoms with Gasteiger partial charge in [-0.3, -0.25) is 13.9 Å². The number of hydrogen-bond acceptors (Lipinski definition) is 5. The molecule has 0 unspecified atom stereocenters. The summed E-state index contributed by atoms with van der Waals surface area (Å²) in [5, 5.41) is 8.80. The molecule has 0 saturated carbocycles. The van der Waals surface area contributed by atoms with Crippen LogP contribution < -0.4 is 11.2 Å². The molecule has 0 radical (unpaired) electrons. The molecule has 0 amide bonds. The van der Waals surface area contributed by atoms with E-state index in [1.54, 1.807) is 12.1 Å². The molecule has 112 valence electrons. The minimum absolute atomic E-state index is 0.211. The van der Waals surface area contributed by atoms with Crippen molar-refractivity contribution in [2.45, 2.75) is 6.61 Å². The van der Waals surface area contributed by atoms with Crippen LogP contribution in [0.2, 0.25) is 0 Å². The van der Waals surface area contributed by atoms with E-state index >= 15 is 0 Å². The number of ether oxygens (including phenoxy) is 1. The predicted octanol–water partition coefficient (Wildman–Crippen LogP) is 0.313. The van der Waals surface area contributed by atoms with Gasteiger partial charge < -0.3 is 4.74 Å². The van der Waals surface area contributed by atoms with Crippen LogP contribution in [0.15, 0.2) is 39.9 Å². The Hall–Kier alpha value is -3.14. The van der Waals surface area contributed by atoms with Gasteiger partial charge in [-0.05, 0) is 18.2 Å². The van der Waals surface area contributed by atoms with E-state index in [2.05, 4.69) is 0 Å². The zero-order valence-corrected chi connectivity index (χ0v) is 12.1. The highest BCUT2D eigenvalue weighted by molar-refractivity contribution is 5.89. The lowest BCUT2D eigenvalue weighted by Crippen LogP contribution is -2.38. The second-order valence-electron chi connectivity index (χ2n) is 4.64. The van der Waals surface area contributed by atoms with E-state index in [4.69, 9.17) is 10.00 Å². The lowest BCUT2D eigenvalue weighted by atomic mass is 10.1. The van der Waals surface area contributed by atoms with Gasteiger partial charge >= 0.3 is 11.7 Å². The Balaban J connectivity index is 2.20. The van der Waals surface area contributed by atoms with Gasteiger partial charge in [0.2, 0.25) is 0 Å². The van der Waals surface area contributed by atoms with Crippen molar-refractivity contribution in [2.75, 3.05) is 0 Å². The first-order valence-electron chi connectivity index (χ1n) is 6.37. The number of aromatic nitrogens is 2. The molecule has 0 aliphatic rings. The first-order chi connectivity index (χ1) is 10.4. The van der Waals surface area contributed by atoms with Gasteiger partial charge in [0.05, 0.1) is 22.9 Å². The Kier molecular flexibility index (Phi) is 4.23. The third kappa shape index (κ3) is 2.96. The molecule has 1 heterocycles. The molecule has 0 bridgehead atoms. The molecule has 0 fully saturated rings. The number of nitrogens with zero attached hydrogens (tertiary/aromatic N) is 3. The zero-order valence-electron chi connectivity index (χ0n) is 12.1. The Bertz CT molecular complexity index is 887. The predicted molar refractivity (Wildman–Crippen MR) is 77.2 cm³/mol. The summed E-state index contributed by atoms with van der Waals surface area (Å²) in [6, 6.07) is 9.24. The van der Waals surface area contributed by atoms with Crippen molar-refractivity contribution in [3.63, 3.8) is 0 Å². The maximum absolute atomic E-state index is 11.9. The van der Waals surface area contributed by atoms with E-state index in [0.29, 0.717) is 5.56 Å². The van der Waals surface area contributed by atoms with E-state index in [9.17, 15) is 14.4 Å². The van der Waals surface area contributed by atoms with Crippen LogP contribution in [0.5, 0.6) is 0 Å². The molecule has 7 heteroatoms. The van der Waals surface area contributed by atoms with Crippen molar-refractivity contribution >= 4 is 5.97 Å². The third-order valence-electron chi connectivity index (χ3n) is 3.20. The largest absolute Gasteiger partial charge is 0.456 e. The molecule has 0 aliphatic heterocycles. The van der Waals surface area contributed by atoms with E-state index in [-0.39, 0.29) is 17.9 Å². The summed E-state index contributed by atoms with van der Waals surface area (Å²) in [6.45, 7) is -0.211. The number of benzene rings is 1. The van der Waals surface area contributed by atoms with Gasteiger partial charge in [-0.1, -0.05) is 6.07 Å². The number of esters is 1. The summed E-state index contributed by atoms with van der Waals surface area (Å²) >= 11 is 0. The van der Waals surface area contributed by atoms with Crippen molar-refractivity contribution in [1.29, 1.82) is 5.26 Å². The maximum Gasteiger partial charge on any atom is 0.338 e. The number of carbonyl (C=O) groups is 1. The SMILES string of the molecule is Cn1c(COC(=O)c2cccc(C#N)c2)cc(=O)n(C)c1=O. The molecule has 0 aliphatic carbocycles. The maximum atomic E-state index is 11.9. The average molecular weight is 299 g/mol. The first kappa shape index (κ1) is 15.3. The topological polar surface area (TPSA) is 94.1 Å². The third-order valence-corrected chi connectivity index (χ3v) is 3.20. The molecule has 1 aromatic carbocycles. The normalized spacial score (nSPS) is 10.0. The Labute approximate surface area is 125 Å². The van der Waals surface area contributed by atoms with Gasteiger partial charge in [-0.25, -0.2) is 9.59 Å². The van der Waals surface area contributed by atoms with E-state index in [0.717, 1.165) is 4.57 Å². The molecule has 1 aromatic heterocycles. The summed E-state index contributed by atoms with van der Waals surface area (Å²) in [6.07, 6.45) is 0. The van der Waals surface area contributed by atoms with Crippen LogP contribution in [0, 0.1) is 11.3 Å². The summed E-state index contributed by atoms with van der Waals surface area (Å²) in [7, 11) is 2.86. The molecule has 0 spiro atoms. The van der Waals surface area contributed by atoms with Crippen molar-refractivity contribution < 1.29 is 9.53 Å². The van der Waals surface area contributed by atoms with Crippen LogP contribution in [0.25, 0.3) is 0 Å². The van der Waals surface area contributed by atoms with Gasteiger partial charge in [0.25, 0.3) is 5.56 Å². The molecule has 2 aromatic rings. The smallest absolute Gasteiger partial charge is 0.338 e. The van der Waals surface area contributed by atoms with E-state index in [1.807, 2.05) is 6.07 Å².